The van der Waals surface area contributed by atoms with Crippen LogP contribution in [-0.2, 0) is 16.0 Å². The summed E-state index contributed by atoms with van der Waals surface area (Å²) >= 11 is 0. The van der Waals surface area contributed by atoms with Crippen LogP contribution >= 0.6 is 0 Å². The summed E-state index contributed by atoms with van der Waals surface area (Å²) in [5.41, 5.74) is 1.95. The van der Waals surface area contributed by atoms with Crippen LogP contribution in [0.15, 0.2) is 30.5 Å². The molecule has 0 bridgehead atoms. The van der Waals surface area contributed by atoms with Crippen molar-refractivity contribution in [3.8, 4) is 0 Å². The highest BCUT2D eigenvalue weighted by molar-refractivity contribution is 5.89. The van der Waals surface area contributed by atoms with E-state index in [1.807, 2.05) is 35.4 Å². The number of rotatable bonds is 5. The molecule has 1 aliphatic rings. The molecule has 0 saturated carbocycles. The van der Waals surface area contributed by atoms with Crippen molar-refractivity contribution in [3.63, 3.8) is 0 Å². The summed E-state index contributed by atoms with van der Waals surface area (Å²) in [6, 6.07) is 7.59. The van der Waals surface area contributed by atoms with Crippen LogP contribution in [0.1, 0.15) is 12.0 Å². The van der Waals surface area contributed by atoms with Gasteiger partial charge in [-0.3, -0.25) is 14.5 Å². The predicted molar refractivity (Wildman–Crippen MR) is 99.7 cm³/mol. The van der Waals surface area contributed by atoms with Gasteiger partial charge >= 0.3 is 0 Å². The van der Waals surface area contributed by atoms with Crippen LogP contribution < -0.4 is 5.32 Å². The fourth-order valence-electron chi connectivity index (χ4n) is 3.35. The Kier molecular flexibility index (Phi) is 5.58. The van der Waals surface area contributed by atoms with Crippen LogP contribution in [0.3, 0.4) is 0 Å². The van der Waals surface area contributed by atoms with Crippen molar-refractivity contribution < 1.29 is 14.7 Å². The zero-order valence-corrected chi connectivity index (χ0v) is 15.2. The molecule has 3 N–H and O–H groups in total. The van der Waals surface area contributed by atoms with Crippen LogP contribution in [0.25, 0.3) is 10.9 Å². The van der Waals surface area contributed by atoms with Crippen LogP contribution in [0.5, 0.6) is 0 Å². The van der Waals surface area contributed by atoms with E-state index >= 15 is 0 Å². The molecule has 7 heteroatoms. The fourth-order valence-corrected chi connectivity index (χ4v) is 3.35. The van der Waals surface area contributed by atoms with Crippen LogP contribution in [0.4, 0.5) is 0 Å². The third-order valence-electron chi connectivity index (χ3n) is 4.90. The third-order valence-corrected chi connectivity index (χ3v) is 4.90. The largest absolute Gasteiger partial charge is 0.390 e. The molecule has 0 unspecified atom stereocenters. The van der Waals surface area contributed by atoms with Crippen LogP contribution in [-0.4, -0.2) is 77.6 Å². The molecule has 2 aromatic rings. The van der Waals surface area contributed by atoms with E-state index in [0.29, 0.717) is 26.1 Å². The Labute approximate surface area is 153 Å². The van der Waals surface area contributed by atoms with Gasteiger partial charge < -0.3 is 20.3 Å². The van der Waals surface area contributed by atoms with Crippen molar-refractivity contribution in [2.24, 2.45) is 0 Å². The molecule has 140 valence electrons. The Morgan fingerprint density at radius 3 is 2.85 bits per heavy atom. The molecule has 0 spiro atoms. The van der Waals surface area contributed by atoms with E-state index in [2.05, 4.69) is 10.3 Å². The van der Waals surface area contributed by atoms with E-state index in [4.69, 9.17) is 0 Å². The quantitative estimate of drug-likeness (QED) is 0.720. The number of piperidine rings is 1. The van der Waals surface area contributed by atoms with Gasteiger partial charge in [0.05, 0.1) is 25.1 Å². The Morgan fingerprint density at radius 1 is 1.35 bits per heavy atom. The van der Waals surface area contributed by atoms with E-state index in [1.165, 1.54) is 0 Å². The van der Waals surface area contributed by atoms with Gasteiger partial charge in [-0.15, -0.1) is 0 Å². The number of para-hydroxylation sites is 1. The summed E-state index contributed by atoms with van der Waals surface area (Å²) < 4.78 is 0. The minimum absolute atomic E-state index is 0.0130. The SMILES string of the molecule is CN(C)C(=O)CN1CC[C@@H](NC(=O)Cc2c[nH]c3ccccc23)[C@H](O)C1. The van der Waals surface area contributed by atoms with Crippen molar-refractivity contribution in [3.05, 3.63) is 36.0 Å². The first-order valence-electron chi connectivity index (χ1n) is 8.89. The molecule has 1 aromatic heterocycles. The Hall–Kier alpha value is -2.38. The van der Waals surface area contributed by atoms with Crippen LogP contribution in [0.2, 0.25) is 0 Å². The molecule has 1 aromatic carbocycles. The Bertz CT molecular complexity index is 786. The smallest absolute Gasteiger partial charge is 0.236 e. The van der Waals surface area contributed by atoms with Gasteiger partial charge in [-0.1, -0.05) is 18.2 Å². The lowest BCUT2D eigenvalue weighted by Crippen LogP contribution is -2.55. The van der Waals surface area contributed by atoms with Gasteiger partial charge in [-0.05, 0) is 18.1 Å². The standard InChI is InChI=1S/C19H26N4O3/c1-22(2)19(26)12-23-8-7-16(17(24)11-23)21-18(25)9-13-10-20-15-6-4-3-5-14(13)15/h3-6,10,16-17,20,24H,7-9,11-12H2,1-2H3,(H,21,25)/t16-,17-/m1/s1. The molecule has 1 aliphatic heterocycles. The molecule has 3 rings (SSSR count). The molecule has 26 heavy (non-hydrogen) atoms. The number of hydrogen-bond acceptors (Lipinski definition) is 4. The van der Waals surface area contributed by atoms with E-state index < -0.39 is 6.10 Å². The zero-order chi connectivity index (χ0) is 18.7. The van der Waals surface area contributed by atoms with Gasteiger partial charge in [0.1, 0.15) is 0 Å². The third kappa shape index (κ3) is 4.23. The summed E-state index contributed by atoms with van der Waals surface area (Å²) in [5, 5.41) is 14.3. The number of H-pyrrole nitrogens is 1. The van der Waals surface area contributed by atoms with E-state index in [9.17, 15) is 14.7 Å². The van der Waals surface area contributed by atoms with Gasteiger partial charge in [-0.25, -0.2) is 0 Å². The topological polar surface area (TPSA) is 88.7 Å². The van der Waals surface area contributed by atoms with Gasteiger partial charge in [0.2, 0.25) is 11.8 Å². The molecular formula is C19H26N4O3. The number of aromatic amines is 1. The van der Waals surface area contributed by atoms with Gasteiger partial charge in [0, 0.05) is 44.3 Å². The van der Waals surface area contributed by atoms with Gasteiger partial charge in [-0.2, -0.15) is 0 Å². The normalized spacial score (nSPS) is 20.9. The fraction of sp³-hybridized carbons (Fsp3) is 0.474. The maximum Gasteiger partial charge on any atom is 0.236 e. The number of hydrogen-bond donors (Lipinski definition) is 3. The number of likely N-dealkylation sites (N-methyl/N-ethyl adjacent to an activating group) is 1. The second-order valence-electron chi connectivity index (χ2n) is 7.09. The number of fused-ring (bicyclic) bond motifs is 1. The van der Waals surface area contributed by atoms with Crippen molar-refractivity contribution in [1.29, 1.82) is 0 Å². The highest BCUT2D eigenvalue weighted by Crippen LogP contribution is 2.18. The predicted octanol–water partition coefficient (Wildman–Crippen LogP) is 0.350. The number of aliphatic hydroxyl groups excluding tert-OH is 1. The molecule has 1 saturated heterocycles. The first-order valence-corrected chi connectivity index (χ1v) is 8.89. The number of nitrogens with one attached hydrogen (secondary N) is 2. The number of aliphatic hydroxyl groups is 1. The molecule has 2 heterocycles. The Morgan fingerprint density at radius 2 is 2.12 bits per heavy atom. The number of likely N-dealkylation sites (tertiary alicyclic amines) is 1. The minimum Gasteiger partial charge on any atom is -0.390 e. The van der Waals surface area contributed by atoms with Gasteiger partial charge in [0.15, 0.2) is 0 Å². The number of amides is 2. The molecule has 0 radical (unpaired) electrons. The number of nitrogens with zero attached hydrogens (tertiary/aromatic N) is 2. The number of benzene rings is 1. The minimum atomic E-state index is -0.675. The summed E-state index contributed by atoms with van der Waals surface area (Å²) in [6.45, 7) is 1.35. The highest BCUT2D eigenvalue weighted by Gasteiger charge is 2.30. The lowest BCUT2D eigenvalue weighted by molar-refractivity contribution is -0.131. The monoisotopic (exact) mass is 358 g/mol. The maximum atomic E-state index is 12.4. The average molecular weight is 358 g/mol. The molecule has 7 nitrogen and oxygen atoms in total. The summed E-state index contributed by atoms with van der Waals surface area (Å²) in [6.07, 6.45) is 2.08. The van der Waals surface area contributed by atoms with Crippen molar-refractivity contribution in [1.82, 2.24) is 20.1 Å². The maximum absolute atomic E-state index is 12.4. The highest BCUT2D eigenvalue weighted by atomic mass is 16.3. The van der Waals surface area contributed by atoms with Crippen molar-refractivity contribution >= 4 is 22.7 Å². The van der Waals surface area contributed by atoms with E-state index in [0.717, 1.165) is 16.5 Å². The lowest BCUT2D eigenvalue weighted by atomic mass is 10.0. The number of aromatic nitrogens is 1. The first kappa shape index (κ1) is 18.4. The second kappa shape index (κ2) is 7.88. The summed E-state index contributed by atoms with van der Waals surface area (Å²) in [7, 11) is 3.44. The van der Waals surface area contributed by atoms with Crippen molar-refractivity contribution in [2.75, 3.05) is 33.7 Å². The van der Waals surface area contributed by atoms with E-state index in [-0.39, 0.29) is 24.3 Å². The van der Waals surface area contributed by atoms with Crippen LogP contribution in [0, 0.1) is 0 Å². The summed E-state index contributed by atoms with van der Waals surface area (Å²) in [4.78, 5) is 30.8. The molecule has 1 fully saturated rings. The second-order valence-corrected chi connectivity index (χ2v) is 7.09. The zero-order valence-electron chi connectivity index (χ0n) is 15.2. The average Bonchev–Trinajstić information content (AvgIpc) is 3.00. The number of carbonyl (C=O) groups is 2. The first-order chi connectivity index (χ1) is 12.4. The van der Waals surface area contributed by atoms with Crippen molar-refractivity contribution in [2.45, 2.75) is 25.0 Å². The molecule has 2 atom stereocenters. The molecule has 0 aliphatic carbocycles. The Balaban J connectivity index is 1.53. The molecule has 2 amide bonds. The van der Waals surface area contributed by atoms with Gasteiger partial charge in [0.25, 0.3) is 0 Å². The summed E-state index contributed by atoms with van der Waals surface area (Å²) in [5.74, 6) is -0.0874. The number of β-amino-alcohol motifs (C(OH)–C–C–N with tert-alkyl or cyclic N) is 1. The number of carbonyl (C=O) groups excluding carboxylic acids is 2. The lowest BCUT2D eigenvalue weighted by Gasteiger charge is -2.36. The van der Waals surface area contributed by atoms with E-state index in [1.54, 1.807) is 19.0 Å². The molecular weight excluding hydrogens is 332 g/mol.